The molecule has 1 aliphatic rings. The van der Waals surface area contributed by atoms with Crippen molar-refractivity contribution in [1.29, 1.82) is 5.26 Å². The van der Waals surface area contributed by atoms with Gasteiger partial charge in [-0.1, -0.05) is 19.3 Å². The van der Waals surface area contributed by atoms with Crippen LogP contribution in [-0.4, -0.2) is 18.5 Å². The molecule has 1 saturated carbocycles. The minimum absolute atomic E-state index is 0.297. The van der Waals surface area contributed by atoms with Crippen molar-refractivity contribution >= 4 is 28.2 Å². The molecule has 0 atom stereocenters. The second-order valence-electron chi connectivity index (χ2n) is 5.19. The summed E-state index contributed by atoms with van der Waals surface area (Å²) in [6, 6.07) is 3.62. The number of amides is 1. The highest BCUT2D eigenvalue weighted by atomic mass is 32.1. The van der Waals surface area contributed by atoms with Gasteiger partial charge in [-0.15, -0.1) is 11.3 Å². The first-order chi connectivity index (χ1) is 10.2. The normalized spacial score (nSPS) is 15.2. The van der Waals surface area contributed by atoms with Crippen LogP contribution < -0.4 is 5.32 Å². The number of nitrogens with zero attached hydrogens (tertiary/aromatic N) is 1. The van der Waals surface area contributed by atoms with E-state index in [4.69, 9.17) is 10.00 Å². The summed E-state index contributed by atoms with van der Waals surface area (Å²) in [5.41, 5.74) is 0.418. The summed E-state index contributed by atoms with van der Waals surface area (Å²) in [5.74, 6) is -0.327. The molecule has 1 aromatic heterocycles. The van der Waals surface area contributed by atoms with E-state index in [0.29, 0.717) is 22.9 Å². The molecule has 0 unspecified atom stereocenters. The van der Waals surface area contributed by atoms with Crippen molar-refractivity contribution in [3.63, 3.8) is 0 Å². The number of thiophene rings is 1. The Morgan fingerprint density at radius 2 is 2.14 bits per heavy atom. The first-order valence-corrected chi connectivity index (χ1v) is 8.00. The van der Waals surface area contributed by atoms with E-state index in [0.717, 1.165) is 12.8 Å². The number of hydrogen-bond acceptors (Lipinski definition) is 5. The third-order valence-electron chi connectivity index (χ3n) is 3.58. The van der Waals surface area contributed by atoms with E-state index in [1.165, 1.54) is 30.6 Å². The van der Waals surface area contributed by atoms with Crippen molar-refractivity contribution in [2.75, 3.05) is 11.9 Å². The number of hydrogen-bond donors (Lipinski definition) is 1. The van der Waals surface area contributed by atoms with Crippen LogP contribution >= 0.6 is 11.3 Å². The van der Waals surface area contributed by atoms with Crippen molar-refractivity contribution in [1.82, 2.24) is 0 Å². The average molecular weight is 306 g/mol. The number of ether oxygens (including phenoxy) is 1. The molecule has 1 amide bonds. The Morgan fingerprint density at radius 1 is 1.38 bits per heavy atom. The molecule has 2 rings (SSSR count). The molecule has 5 nitrogen and oxygen atoms in total. The summed E-state index contributed by atoms with van der Waals surface area (Å²) in [4.78, 5) is 23.4. The molecular formula is C15H18N2O3S. The number of esters is 1. The molecule has 1 aliphatic carbocycles. The van der Waals surface area contributed by atoms with Crippen LogP contribution in [0.1, 0.15) is 44.1 Å². The Hall–Kier alpha value is -1.87. The summed E-state index contributed by atoms with van der Waals surface area (Å²) in [7, 11) is 0. The fourth-order valence-electron chi connectivity index (χ4n) is 2.49. The second-order valence-corrected chi connectivity index (χ2v) is 6.11. The highest BCUT2D eigenvalue weighted by molar-refractivity contribution is 7.14. The zero-order chi connectivity index (χ0) is 15.1. The third-order valence-corrected chi connectivity index (χ3v) is 4.41. The first-order valence-electron chi connectivity index (χ1n) is 7.12. The largest absolute Gasteiger partial charge is 0.456 e. The van der Waals surface area contributed by atoms with Crippen molar-refractivity contribution in [2.24, 2.45) is 5.92 Å². The highest BCUT2D eigenvalue weighted by Crippen LogP contribution is 2.26. The van der Waals surface area contributed by atoms with Crippen LogP contribution in [0.3, 0.4) is 0 Å². The monoisotopic (exact) mass is 306 g/mol. The minimum Gasteiger partial charge on any atom is -0.456 e. The van der Waals surface area contributed by atoms with Gasteiger partial charge < -0.3 is 10.1 Å². The lowest BCUT2D eigenvalue weighted by molar-refractivity contribution is -0.148. The van der Waals surface area contributed by atoms with E-state index in [2.05, 4.69) is 5.32 Å². The van der Waals surface area contributed by atoms with Crippen LogP contribution in [0.2, 0.25) is 0 Å². The van der Waals surface area contributed by atoms with Gasteiger partial charge in [0.25, 0.3) is 5.91 Å². The topological polar surface area (TPSA) is 79.2 Å². The van der Waals surface area contributed by atoms with E-state index >= 15 is 0 Å². The molecule has 1 heterocycles. The molecule has 0 spiro atoms. The highest BCUT2D eigenvalue weighted by Gasteiger charge is 2.18. The van der Waals surface area contributed by atoms with Gasteiger partial charge in [0.1, 0.15) is 11.1 Å². The van der Waals surface area contributed by atoms with E-state index in [1.54, 1.807) is 11.4 Å². The molecule has 1 N–H and O–H groups in total. The Morgan fingerprint density at radius 3 is 2.86 bits per heavy atom. The zero-order valence-corrected chi connectivity index (χ0v) is 12.6. The minimum atomic E-state index is -0.411. The van der Waals surface area contributed by atoms with Gasteiger partial charge in [0.2, 0.25) is 0 Å². The molecule has 1 fully saturated rings. The SMILES string of the molecule is N#Cc1ccsc1NC(=O)COC(=O)CC1CCCCC1. The predicted octanol–water partition coefficient (Wildman–Crippen LogP) is 3.07. The van der Waals surface area contributed by atoms with Gasteiger partial charge in [0.05, 0.1) is 5.56 Å². The number of carbonyl (C=O) groups is 2. The quantitative estimate of drug-likeness (QED) is 0.848. The summed E-state index contributed by atoms with van der Waals surface area (Å²) in [6.07, 6.45) is 6.14. The molecule has 21 heavy (non-hydrogen) atoms. The lowest BCUT2D eigenvalue weighted by Crippen LogP contribution is -2.22. The van der Waals surface area contributed by atoms with Crippen LogP contribution in [0.4, 0.5) is 5.00 Å². The smallest absolute Gasteiger partial charge is 0.306 e. The van der Waals surface area contributed by atoms with Gasteiger partial charge in [0, 0.05) is 6.42 Å². The lowest BCUT2D eigenvalue weighted by atomic mass is 9.87. The number of carbonyl (C=O) groups excluding carboxylic acids is 2. The second kappa shape index (κ2) is 7.79. The van der Waals surface area contributed by atoms with Gasteiger partial charge in [-0.25, -0.2) is 0 Å². The zero-order valence-electron chi connectivity index (χ0n) is 11.8. The standard InChI is InChI=1S/C15H18N2O3S/c16-9-12-6-7-21-15(12)17-13(18)10-20-14(19)8-11-4-2-1-3-5-11/h6-7,11H,1-5,8,10H2,(H,17,18). The van der Waals surface area contributed by atoms with Gasteiger partial charge in [0.15, 0.2) is 6.61 Å². The van der Waals surface area contributed by atoms with E-state index < -0.39 is 5.91 Å². The van der Waals surface area contributed by atoms with Gasteiger partial charge in [-0.05, 0) is 30.2 Å². The Kier molecular flexibility index (Phi) is 5.76. The lowest BCUT2D eigenvalue weighted by Gasteiger charge is -2.20. The Bertz CT molecular complexity index is 541. The summed E-state index contributed by atoms with van der Waals surface area (Å²) < 4.78 is 5.00. The number of rotatable bonds is 5. The van der Waals surface area contributed by atoms with E-state index in [1.807, 2.05) is 6.07 Å². The van der Waals surface area contributed by atoms with Crippen molar-refractivity contribution in [3.05, 3.63) is 17.0 Å². The summed E-state index contributed by atoms with van der Waals surface area (Å²) >= 11 is 1.27. The van der Waals surface area contributed by atoms with Crippen molar-refractivity contribution < 1.29 is 14.3 Å². The van der Waals surface area contributed by atoms with Gasteiger partial charge in [-0.3, -0.25) is 9.59 Å². The van der Waals surface area contributed by atoms with E-state index in [9.17, 15) is 9.59 Å². The van der Waals surface area contributed by atoms with Crippen LogP contribution in [0.15, 0.2) is 11.4 Å². The fraction of sp³-hybridized carbons (Fsp3) is 0.533. The van der Waals surface area contributed by atoms with Crippen LogP contribution in [0, 0.1) is 17.2 Å². The van der Waals surface area contributed by atoms with Crippen molar-refractivity contribution in [2.45, 2.75) is 38.5 Å². The molecule has 0 radical (unpaired) electrons. The van der Waals surface area contributed by atoms with Gasteiger partial charge >= 0.3 is 5.97 Å². The fourth-order valence-corrected chi connectivity index (χ4v) is 3.24. The maximum Gasteiger partial charge on any atom is 0.306 e. The molecular weight excluding hydrogens is 288 g/mol. The predicted molar refractivity (Wildman–Crippen MR) is 79.8 cm³/mol. The summed E-state index contributed by atoms with van der Waals surface area (Å²) in [6.45, 7) is -0.297. The first kappa shape index (κ1) is 15.5. The summed E-state index contributed by atoms with van der Waals surface area (Å²) in [5, 5.41) is 13.6. The third kappa shape index (κ3) is 4.87. The Labute approximate surface area is 127 Å². The molecule has 0 aromatic carbocycles. The molecule has 6 heteroatoms. The maximum atomic E-state index is 11.7. The number of anilines is 1. The van der Waals surface area contributed by atoms with Crippen LogP contribution in [0.25, 0.3) is 0 Å². The molecule has 0 bridgehead atoms. The number of nitrogens with one attached hydrogen (secondary N) is 1. The number of nitriles is 1. The van der Waals surface area contributed by atoms with Gasteiger partial charge in [-0.2, -0.15) is 5.26 Å². The van der Waals surface area contributed by atoms with Crippen LogP contribution in [-0.2, 0) is 14.3 Å². The van der Waals surface area contributed by atoms with E-state index in [-0.39, 0.29) is 12.6 Å². The van der Waals surface area contributed by atoms with Crippen molar-refractivity contribution in [3.8, 4) is 6.07 Å². The molecule has 1 aromatic rings. The molecule has 0 saturated heterocycles. The molecule has 0 aliphatic heterocycles. The average Bonchev–Trinajstić information content (AvgIpc) is 2.93. The Balaban J connectivity index is 1.71. The maximum absolute atomic E-state index is 11.7. The van der Waals surface area contributed by atoms with Crippen LogP contribution in [0.5, 0.6) is 0 Å². The molecule has 112 valence electrons.